The van der Waals surface area contributed by atoms with Crippen LogP contribution in [-0.4, -0.2) is 16.1 Å². The van der Waals surface area contributed by atoms with Crippen LogP contribution in [0.1, 0.15) is 35.1 Å². The smallest absolute Gasteiger partial charge is 0.423 e. The number of ether oxygens (including phenoxy) is 2. The Labute approximate surface area is 193 Å². The van der Waals surface area contributed by atoms with Crippen molar-refractivity contribution in [3.8, 4) is 0 Å². The van der Waals surface area contributed by atoms with Gasteiger partial charge in [-0.25, -0.2) is 14.8 Å². The maximum atomic E-state index is 12.7. The lowest BCUT2D eigenvalue weighted by atomic mass is 10.2. The van der Waals surface area contributed by atoms with E-state index in [9.17, 15) is 4.79 Å². The van der Waals surface area contributed by atoms with Gasteiger partial charge in [0.2, 0.25) is 0 Å². The monoisotopic (exact) mass is 466 g/mol. The van der Waals surface area contributed by atoms with Gasteiger partial charge in [-0.15, -0.1) is 35.8 Å². The van der Waals surface area contributed by atoms with Crippen LogP contribution in [0.25, 0.3) is 20.4 Å². The summed E-state index contributed by atoms with van der Waals surface area (Å²) in [5.74, 6) is 0. The molecule has 2 heterocycles. The molecule has 0 saturated carbocycles. The van der Waals surface area contributed by atoms with E-state index in [1.807, 2.05) is 24.3 Å². The number of fused-ring (bicyclic) bond motifs is 2. The third kappa shape index (κ3) is 4.74. The van der Waals surface area contributed by atoms with E-state index in [0.717, 1.165) is 20.4 Å². The van der Waals surface area contributed by atoms with Crippen molar-refractivity contribution in [2.45, 2.75) is 25.0 Å². The van der Waals surface area contributed by atoms with Crippen LogP contribution < -0.4 is 11.5 Å². The molecule has 164 valence electrons. The highest BCUT2D eigenvalue weighted by Crippen LogP contribution is 2.34. The lowest BCUT2D eigenvalue weighted by Gasteiger charge is -2.17. The maximum absolute atomic E-state index is 12.7. The Morgan fingerprint density at radius 3 is 1.72 bits per heavy atom. The van der Waals surface area contributed by atoms with Gasteiger partial charge in [0.1, 0.15) is 10.0 Å². The zero-order valence-electron chi connectivity index (χ0n) is 17.2. The molecule has 2 aromatic heterocycles. The van der Waals surface area contributed by atoms with E-state index in [1.54, 1.807) is 24.3 Å². The van der Waals surface area contributed by atoms with E-state index < -0.39 is 18.4 Å². The van der Waals surface area contributed by atoms with Gasteiger partial charge in [0.05, 0.1) is 20.4 Å². The zero-order valence-corrected chi connectivity index (χ0v) is 18.8. The summed E-state index contributed by atoms with van der Waals surface area (Å²) >= 11 is 2.88. The fourth-order valence-corrected chi connectivity index (χ4v) is 5.14. The van der Waals surface area contributed by atoms with E-state index in [4.69, 9.17) is 20.9 Å². The van der Waals surface area contributed by atoms with Gasteiger partial charge >= 0.3 is 6.16 Å². The molecular weight excluding hydrogens is 444 g/mol. The number of hydrogen-bond donors (Lipinski definition) is 2. The van der Waals surface area contributed by atoms with Crippen molar-refractivity contribution in [1.29, 1.82) is 0 Å². The van der Waals surface area contributed by atoms with Crippen molar-refractivity contribution in [2.24, 2.45) is 0 Å². The molecule has 7 nitrogen and oxygen atoms in total. The highest BCUT2D eigenvalue weighted by atomic mass is 32.1. The number of benzene rings is 2. The minimum absolute atomic E-state index is 0.400. The Morgan fingerprint density at radius 1 is 0.875 bits per heavy atom. The Morgan fingerprint density at radius 2 is 1.31 bits per heavy atom. The molecule has 4 N–H and O–H groups in total. The first-order valence-electron chi connectivity index (χ1n) is 9.87. The Balaban J connectivity index is 1.53. The predicted octanol–water partition coefficient (Wildman–Crippen LogP) is 6.16. The van der Waals surface area contributed by atoms with Crippen molar-refractivity contribution in [2.75, 3.05) is 11.5 Å². The molecule has 4 rings (SSSR count). The third-order valence-corrected chi connectivity index (χ3v) is 6.90. The van der Waals surface area contributed by atoms with Crippen molar-refractivity contribution in [3.63, 3.8) is 0 Å². The zero-order chi connectivity index (χ0) is 22.7. The number of carbonyl (C=O) groups excluding carboxylic acids is 1. The van der Waals surface area contributed by atoms with Crippen molar-refractivity contribution >= 4 is 60.6 Å². The number of rotatable bonds is 8. The van der Waals surface area contributed by atoms with Gasteiger partial charge < -0.3 is 20.9 Å². The molecule has 0 aliphatic heterocycles. The Kier molecular flexibility index (Phi) is 6.38. The van der Waals surface area contributed by atoms with E-state index in [-0.39, 0.29) is 0 Å². The molecule has 2 unspecified atom stereocenters. The number of carbonyl (C=O) groups is 1. The predicted molar refractivity (Wildman–Crippen MR) is 131 cm³/mol. The van der Waals surface area contributed by atoms with Gasteiger partial charge in [-0.2, -0.15) is 0 Å². The van der Waals surface area contributed by atoms with Gasteiger partial charge in [-0.05, 0) is 36.4 Å². The molecule has 0 aliphatic rings. The van der Waals surface area contributed by atoms with Gasteiger partial charge in [0, 0.05) is 24.2 Å². The molecule has 2 aromatic carbocycles. The lowest BCUT2D eigenvalue weighted by molar-refractivity contribution is -0.00177. The molecule has 0 radical (unpaired) electrons. The minimum atomic E-state index is -0.804. The molecular formula is C23H22N4O3S2. The summed E-state index contributed by atoms with van der Waals surface area (Å²) in [7, 11) is 0. The average Bonchev–Trinajstić information content (AvgIpc) is 3.36. The van der Waals surface area contributed by atoms with Crippen molar-refractivity contribution < 1.29 is 14.3 Å². The van der Waals surface area contributed by atoms with Crippen LogP contribution in [0.2, 0.25) is 0 Å². The molecule has 0 bridgehead atoms. The normalized spacial score (nSPS) is 13.0. The third-order valence-electron chi connectivity index (χ3n) is 4.65. The van der Waals surface area contributed by atoms with Crippen molar-refractivity contribution in [1.82, 2.24) is 9.97 Å². The quantitative estimate of drug-likeness (QED) is 0.182. The summed E-state index contributed by atoms with van der Waals surface area (Å²) in [6.45, 7) is 7.53. The SMILES string of the molecule is C=CCC(OC(=O)OC(CC=C)c1nc2cc(N)ccc2s1)c1nc2cc(N)ccc2s1. The molecule has 32 heavy (non-hydrogen) atoms. The van der Waals surface area contributed by atoms with Crippen LogP contribution in [0, 0.1) is 0 Å². The molecule has 0 fully saturated rings. The topological polar surface area (TPSA) is 113 Å². The van der Waals surface area contributed by atoms with E-state index in [1.165, 1.54) is 22.7 Å². The summed E-state index contributed by atoms with van der Waals surface area (Å²) in [6, 6.07) is 11.0. The fraction of sp³-hybridized carbons (Fsp3) is 0.174. The van der Waals surface area contributed by atoms with Crippen molar-refractivity contribution in [3.05, 3.63) is 71.7 Å². The van der Waals surface area contributed by atoms with E-state index in [0.29, 0.717) is 34.2 Å². The highest BCUT2D eigenvalue weighted by Gasteiger charge is 2.25. The molecule has 0 amide bonds. The van der Waals surface area contributed by atoms with Gasteiger partial charge in [-0.3, -0.25) is 0 Å². The summed E-state index contributed by atoms with van der Waals surface area (Å²) in [4.78, 5) is 21.9. The van der Waals surface area contributed by atoms with Crippen LogP contribution in [0.5, 0.6) is 0 Å². The molecule has 0 aliphatic carbocycles. The molecule has 2 atom stereocenters. The van der Waals surface area contributed by atoms with Gasteiger partial charge in [0.15, 0.2) is 12.2 Å². The lowest BCUT2D eigenvalue weighted by Crippen LogP contribution is -2.16. The summed E-state index contributed by atoms with van der Waals surface area (Å²) in [6.07, 6.45) is 2.13. The first-order chi connectivity index (χ1) is 15.5. The second-order valence-corrected chi connectivity index (χ2v) is 9.19. The fourth-order valence-electron chi connectivity index (χ4n) is 3.16. The number of nitrogens with two attached hydrogens (primary N) is 2. The molecule has 0 spiro atoms. The second-order valence-electron chi connectivity index (χ2n) is 7.07. The number of hydrogen-bond acceptors (Lipinski definition) is 9. The minimum Gasteiger partial charge on any atom is -0.423 e. The van der Waals surface area contributed by atoms with E-state index in [2.05, 4.69) is 23.1 Å². The highest BCUT2D eigenvalue weighted by molar-refractivity contribution is 7.19. The second kappa shape index (κ2) is 9.37. The number of nitrogens with zero attached hydrogens (tertiary/aromatic N) is 2. The first-order valence-corrected chi connectivity index (χ1v) is 11.5. The van der Waals surface area contributed by atoms with Crippen LogP contribution in [0.15, 0.2) is 61.7 Å². The molecule has 9 heteroatoms. The summed E-state index contributed by atoms with van der Waals surface area (Å²) in [5, 5.41) is 1.30. The Bertz CT molecular complexity index is 1200. The van der Waals surface area contributed by atoms with Gasteiger partial charge in [-0.1, -0.05) is 12.2 Å². The standard InChI is InChI=1S/C23H22N4O3S2/c1-3-5-17(21-26-15-11-13(24)7-9-19(15)31-21)29-23(28)30-18(6-4-2)22-27-16-12-14(25)8-10-20(16)32-22/h3-4,7-12,17-18H,1-2,5-6,24-25H2. The van der Waals surface area contributed by atoms with Crippen LogP contribution in [0.3, 0.4) is 0 Å². The summed E-state index contributed by atoms with van der Waals surface area (Å²) in [5.41, 5.74) is 14.5. The molecule has 0 saturated heterocycles. The number of thiazole rings is 2. The van der Waals surface area contributed by atoms with Crippen LogP contribution in [0.4, 0.5) is 16.2 Å². The first kappa shape index (κ1) is 21.8. The van der Waals surface area contributed by atoms with Crippen LogP contribution >= 0.6 is 22.7 Å². The van der Waals surface area contributed by atoms with Gasteiger partial charge in [0.25, 0.3) is 0 Å². The average molecular weight is 467 g/mol. The molecule has 4 aromatic rings. The number of anilines is 2. The Hall–Kier alpha value is -3.43. The number of nitrogen functional groups attached to an aromatic ring is 2. The number of aromatic nitrogens is 2. The summed E-state index contributed by atoms with van der Waals surface area (Å²) < 4.78 is 13.2. The maximum Gasteiger partial charge on any atom is 0.509 e. The van der Waals surface area contributed by atoms with E-state index >= 15 is 0 Å². The van der Waals surface area contributed by atoms with Crippen LogP contribution in [-0.2, 0) is 9.47 Å². The largest absolute Gasteiger partial charge is 0.509 e.